The van der Waals surface area contributed by atoms with Crippen molar-refractivity contribution in [2.75, 3.05) is 26.1 Å². The van der Waals surface area contributed by atoms with Gasteiger partial charge in [-0.2, -0.15) is 13.2 Å². The molecule has 50 heavy (non-hydrogen) atoms. The summed E-state index contributed by atoms with van der Waals surface area (Å²) in [4.78, 5) is 19.2. The lowest BCUT2D eigenvalue weighted by Crippen LogP contribution is -2.49. The van der Waals surface area contributed by atoms with Crippen LogP contribution in [0.2, 0.25) is 0 Å². The number of ether oxygens (including phenoxy) is 3. The highest BCUT2D eigenvalue weighted by atomic mass is 32.2. The van der Waals surface area contributed by atoms with Gasteiger partial charge in [-0.3, -0.25) is 4.79 Å². The second-order valence-corrected chi connectivity index (χ2v) is 13.6. The predicted molar refractivity (Wildman–Crippen MR) is 176 cm³/mol. The van der Waals surface area contributed by atoms with Gasteiger partial charge < -0.3 is 24.6 Å². The number of methoxy groups -OCH3 is 1. The number of rotatable bonds is 14. The normalized spacial score (nSPS) is 17.5. The number of carbonyl (C=O) groups excluding carboxylic acids is 1. The van der Waals surface area contributed by atoms with Crippen LogP contribution in [0.5, 0.6) is 11.5 Å². The number of hydrogen-bond donors (Lipinski definition) is 2. The highest BCUT2D eigenvalue weighted by Gasteiger charge is 2.53. The number of halogens is 4. The zero-order valence-corrected chi connectivity index (χ0v) is 27.6. The van der Waals surface area contributed by atoms with E-state index in [9.17, 15) is 30.8 Å². The Labute approximate surface area is 286 Å². The monoisotopic (exact) mass is 714 g/mol. The Bertz CT molecular complexity index is 1940. The van der Waals surface area contributed by atoms with Gasteiger partial charge in [-0.1, -0.05) is 30.3 Å². The van der Waals surface area contributed by atoms with Crippen molar-refractivity contribution in [1.29, 1.82) is 0 Å². The molecular formula is C36H34F4N2O7S. The number of aliphatic imine (C=N–C) groups is 1. The van der Waals surface area contributed by atoms with Gasteiger partial charge in [0.25, 0.3) is 5.91 Å². The number of hydrogen-bond acceptors (Lipinski definition) is 8. The van der Waals surface area contributed by atoms with Crippen LogP contribution in [-0.2, 0) is 32.1 Å². The van der Waals surface area contributed by atoms with Gasteiger partial charge in [0.05, 0.1) is 29.9 Å². The van der Waals surface area contributed by atoms with Gasteiger partial charge in [0.1, 0.15) is 17.3 Å². The van der Waals surface area contributed by atoms with Crippen molar-refractivity contribution in [1.82, 2.24) is 5.32 Å². The van der Waals surface area contributed by atoms with E-state index < -0.39 is 63.7 Å². The van der Waals surface area contributed by atoms with Gasteiger partial charge in [0.2, 0.25) is 5.90 Å². The Morgan fingerprint density at radius 1 is 0.980 bits per heavy atom. The molecule has 1 heterocycles. The highest BCUT2D eigenvalue weighted by molar-refractivity contribution is 7.91. The maximum absolute atomic E-state index is 14.4. The van der Waals surface area contributed by atoms with Gasteiger partial charge in [0, 0.05) is 31.6 Å². The molecule has 0 saturated carbocycles. The van der Waals surface area contributed by atoms with Crippen LogP contribution in [-0.4, -0.2) is 56.9 Å². The molecule has 4 aromatic rings. The van der Waals surface area contributed by atoms with Gasteiger partial charge in [-0.25, -0.2) is 17.8 Å². The highest BCUT2D eigenvalue weighted by Crippen LogP contribution is 2.44. The lowest BCUT2D eigenvalue weighted by molar-refractivity contribution is -0.137. The van der Waals surface area contributed by atoms with Crippen molar-refractivity contribution in [3.05, 3.63) is 125 Å². The number of aliphatic hydroxyl groups excluding tert-OH is 1. The molecule has 0 aliphatic carbocycles. The number of sulfone groups is 1. The van der Waals surface area contributed by atoms with E-state index in [1.165, 1.54) is 19.2 Å². The molecule has 4 aromatic carbocycles. The first-order valence-electron chi connectivity index (χ1n) is 15.5. The van der Waals surface area contributed by atoms with Crippen LogP contribution < -0.4 is 14.8 Å². The van der Waals surface area contributed by atoms with E-state index in [1.807, 2.05) is 0 Å². The van der Waals surface area contributed by atoms with Gasteiger partial charge >= 0.3 is 6.18 Å². The van der Waals surface area contributed by atoms with Crippen molar-refractivity contribution in [3.8, 4) is 11.5 Å². The summed E-state index contributed by atoms with van der Waals surface area (Å²) < 4.78 is 99.0. The first-order valence-corrected chi connectivity index (χ1v) is 17.2. The molecule has 0 saturated heterocycles. The molecule has 1 aliphatic rings. The average Bonchev–Trinajstić information content (AvgIpc) is 3.51. The van der Waals surface area contributed by atoms with Crippen LogP contribution >= 0.6 is 0 Å². The van der Waals surface area contributed by atoms with Crippen molar-refractivity contribution in [2.24, 2.45) is 4.99 Å². The second kappa shape index (κ2) is 15.3. The van der Waals surface area contributed by atoms with E-state index in [1.54, 1.807) is 66.7 Å². The Hall–Kier alpha value is -4.95. The van der Waals surface area contributed by atoms with Crippen LogP contribution in [0.1, 0.15) is 41.2 Å². The molecule has 2 atom stereocenters. The molecule has 1 amide bonds. The van der Waals surface area contributed by atoms with E-state index in [4.69, 9.17) is 24.3 Å². The summed E-state index contributed by atoms with van der Waals surface area (Å²) in [5.74, 6) is -1.65. The Kier molecular flexibility index (Phi) is 11.1. The lowest BCUT2D eigenvalue weighted by atomic mass is 9.85. The first kappa shape index (κ1) is 36.3. The molecule has 1 aliphatic heterocycles. The van der Waals surface area contributed by atoms with Gasteiger partial charge in [0.15, 0.2) is 21.5 Å². The van der Waals surface area contributed by atoms with Gasteiger partial charge in [-0.05, 0) is 77.9 Å². The van der Waals surface area contributed by atoms with Crippen LogP contribution in [0.3, 0.4) is 0 Å². The molecular weight excluding hydrogens is 680 g/mol. The third-order valence-electron chi connectivity index (χ3n) is 8.02. The van der Waals surface area contributed by atoms with E-state index >= 15 is 0 Å². The summed E-state index contributed by atoms with van der Waals surface area (Å²) in [7, 11) is -2.52. The van der Waals surface area contributed by atoms with Crippen molar-refractivity contribution in [2.45, 2.75) is 42.1 Å². The number of amides is 1. The standard InChI is InChI=1S/C36H34F4N2O7S/c1-47-30-8-5-7-26(21-30)32-35(15-18-50(45,46)31-9-3-2-4-10-31,34(44)41-23-24-19-27(36(38,39)40)22-28(37)20-24)42-33(49-32)25-11-13-29(14-12-25)48-17-6-16-43/h2-5,7-14,19-22,32,43H,6,15-18,23H2,1H3,(H,41,44)/t32-,35-/m1/s1. The lowest BCUT2D eigenvalue weighted by Gasteiger charge is -2.31. The van der Waals surface area contributed by atoms with Crippen LogP contribution in [0.25, 0.3) is 0 Å². The van der Waals surface area contributed by atoms with E-state index in [0.29, 0.717) is 35.1 Å². The molecule has 0 aromatic heterocycles. The summed E-state index contributed by atoms with van der Waals surface area (Å²) in [5.41, 5.74) is -2.54. The van der Waals surface area contributed by atoms with Crippen molar-refractivity contribution >= 4 is 21.6 Å². The van der Waals surface area contributed by atoms with Crippen molar-refractivity contribution < 1.29 is 50.1 Å². The number of alkyl halides is 3. The third kappa shape index (κ3) is 8.43. The fourth-order valence-corrected chi connectivity index (χ4v) is 6.85. The fraction of sp³-hybridized carbons (Fsp3) is 0.278. The minimum Gasteiger partial charge on any atom is -0.497 e. The zero-order valence-electron chi connectivity index (χ0n) is 26.8. The zero-order chi connectivity index (χ0) is 35.9. The molecule has 264 valence electrons. The molecule has 9 nitrogen and oxygen atoms in total. The summed E-state index contributed by atoms with van der Waals surface area (Å²) in [5, 5.41) is 11.6. The number of nitrogens with one attached hydrogen (secondary N) is 1. The SMILES string of the molecule is COc1cccc([C@H]2OC(c3ccc(OCCCO)cc3)=N[C@@]2(CCS(=O)(=O)c2ccccc2)C(=O)NCc2cc(F)cc(C(F)(F)F)c2)c1. The topological polar surface area (TPSA) is 124 Å². The minimum absolute atomic E-state index is 0.00268. The number of aliphatic hydroxyl groups is 1. The number of benzene rings is 4. The van der Waals surface area contributed by atoms with E-state index in [-0.39, 0.29) is 29.6 Å². The van der Waals surface area contributed by atoms with Crippen LogP contribution in [0.4, 0.5) is 17.6 Å². The molecule has 0 radical (unpaired) electrons. The van der Waals surface area contributed by atoms with Gasteiger partial charge in [-0.15, -0.1) is 0 Å². The predicted octanol–water partition coefficient (Wildman–Crippen LogP) is 6.05. The van der Waals surface area contributed by atoms with Crippen LogP contribution in [0, 0.1) is 5.82 Å². The molecule has 0 spiro atoms. The largest absolute Gasteiger partial charge is 0.497 e. The van der Waals surface area contributed by atoms with E-state index in [2.05, 4.69) is 5.32 Å². The maximum Gasteiger partial charge on any atom is 0.416 e. The molecule has 0 bridgehead atoms. The molecule has 5 rings (SSSR count). The second-order valence-electron chi connectivity index (χ2n) is 11.5. The Balaban J connectivity index is 1.57. The number of nitrogens with zero attached hydrogens (tertiary/aromatic N) is 1. The molecule has 2 N–H and O–H groups in total. The molecule has 14 heteroatoms. The Morgan fingerprint density at radius 2 is 1.72 bits per heavy atom. The summed E-state index contributed by atoms with van der Waals surface area (Å²) in [6.07, 6.45) is -6.03. The Morgan fingerprint density at radius 3 is 2.40 bits per heavy atom. The summed E-state index contributed by atoms with van der Waals surface area (Å²) >= 11 is 0. The van der Waals surface area contributed by atoms with E-state index in [0.717, 1.165) is 12.1 Å². The minimum atomic E-state index is -4.83. The molecule has 0 unspecified atom stereocenters. The summed E-state index contributed by atoms with van der Waals surface area (Å²) in [6, 6.07) is 22.7. The molecule has 0 fully saturated rings. The smallest absolute Gasteiger partial charge is 0.416 e. The third-order valence-corrected chi connectivity index (χ3v) is 9.75. The fourth-order valence-electron chi connectivity index (χ4n) is 5.46. The maximum atomic E-state index is 14.4. The summed E-state index contributed by atoms with van der Waals surface area (Å²) in [6.45, 7) is -0.288. The first-order chi connectivity index (χ1) is 23.8. The number of carbonyl (C=O) groups is 1. The van der Waals surface area contributed by atoms with Crippen molar-refractivity contribution in [3.63, 3.8) is 0 Å². The quantitative estimate of drug-likeness (QED) is 0.120. The average molecular weight is 715 g/mol. The van der Waals surface area contributed by atoms with Crippen LogP contribution in [0.15, 0.2) is 107 Å².